The molecule has 5 heteroatoms. The molecule has 0 spiro atoms. The second-order valence-corrected chi connectivity index (χ2v) is 8.48. The van der Waals surface area contributed by atoms with Gasteiger partial charge in [-0.2, -0.15) is 0 Å². The fraction of sp³-hybridized carbons (Fsp3) is 0.320. The van der Waals surface area contributed by atoms with Crippen LogP contribution in [0.2, 0.25) is 0 Å². The highest BCUT2D eigenvalue weighted by Crippen LogP contribution is 2.40. The number of rotatable bonds is 7. The van der Waals surface area contributed by atoms with Gasteiger partial charge in [0.1, 0.15) is 17.2 Å². The van der Waals surface area contributed by atoms with Crippen molar-refractivity contribution in [3.05, 3.63) is 70.3 Å². The average molecular weight is 408 g/mol. The van der Waals surface area contributed by atoms with Crippen LogP contribution in [-0.2, 0) is 17.6 Å². The van der Waals surface area contributed by atoms with Gasteiger partial charge in [-0.25, -0.2) is 0 Å². The standard InChI is InChI=1S/C25H28O5/c1-15(2)5-8-17-11-16(6-9-20(17)26)7-10-21(27)19-12-18(22(28)14-23(19)29)13-24-25(3,4)30-24/h5-7,9-12,14,24,26,28-29H,8,13H2,1-4H3. The normalized spacial score (nSPS) is 17.1. The molecule has 0 amide bonds. The van der Waals surface area contributed by atoms with E-state index in [0.29, 0.717) is 18.4 Å². The Hall–Kier alpha value is -3.05. The zero-order valence-electron chi connectivity index (χ0n) is 17.8. The van der Waals surface area contributed by atoms with E-state index < -0.39 is 0 Å². The molecular weight excluding hydrogens is 380 g/mol. The van der Waals surface area contributed by atoms with E-state index in [1.54, 1.807) is 18.2 Å². The number of ketones is 1. The second-order valence-electron chi connectivity index (χ2n) is 8.48. The van der Waals surface area contributed by atoms with Gasteiger partial charge in [-0.15, -0.1) is 0 Å². The predicted octanol–water partition coefficient (Wildman–Crippen LogP) is 4.93. The summed E-state index contributed by atoms with van der Waals surface area (Å²) >= 11 is 0. The SMILES string of the molecule is CC(C)=CCc1cc(C=CC(=O)c2cc(CC3OC3(C)C)c(O)cc2O)ccc1O. The van der Waals surface area contributed by atoms with Crippen molar-refractivity contribution in [3.8, 4) is 17.2 Å². The minimum atomic E-state index is -0.372. The average Bonchev–Trinajstić information content (AvgIpc) is 3.27. The van der Waals surface area contributed by atoms with Crippen molar-refractivity contribution < 1.29 is 24.9 Å². The quantitative estimate of drug-likeness (QED) is 0.262. The number of hydrogen-bond acceptors (Lipinski definition) is 5. The van der Waals surface area contributed by atoms with E-state index in [2.05, 4.69) is 0 Å². The zero-order chi connectivity index (χ0) is 22.1. The molecule has 2 aromatic rings. The number of phenolic OH excluding ortho intramolecular Hbond substituents is 3. The van der Waals surface area contributed by atoms with Crippen LogP contribution < -0.4 is 0 Å². The first-order valence-electron chi connectivity index (χ1n) is 9.97. The molecule has 1 aliphatic rings. The van der Waals surface area contributed by atoms with Crippen molar-refractivity contribution in [2.24, 2.45) is 0 Å². The van der Waals surface area contributed by atoms with Crippen LogP contribution in [0.1, 0.15) is 54.7 Å². The summed E-state index contributed by atoms with van der Waals surface area (Å²) in [6, 6.07) is 7.87. The van der Waals surface area contributed by atoms with Gasteiger partial charge in [0.05, 0.1) is 17.3 Å². The number of carbonyl (C=O) groups excluding carboxylic acids is 1. The van der Waals surface area contributed by atoms with Crippen molar-refractivity contribution >= 4 is 11.9 Å². The van der Waals surface area contributed by atoms with Crippen LogP contribution in [0.3, 0.4) is 0 Å². The summed E-state index contributed by atoms with van der Waals surface area (Å²) in [5, 5.41) is 30.3. The lowest BCUT2D eigenvalue weighted by Gasteiger charge is -2.08. The fourth-order valence-electron chi connectivity index (χ4n) is 3.25. The number of carbonyl (C=O) groups is 1. The van der Waals surface area contributed by atoms with Crippen molar-refractivity contribution in [2.45, 2.75) is 52.2 Å². The molecule has 2 aromatic carbocycles. The monoisotopic (exact) mass is 408 g/mol. The molecule has 1 aliphatic heterocycles. The van der Waals surface area contributed by atoms with E-state index >= 15 is 0 Å². The molecule has 3 rings (SSSR count). The highest BCUT2D eigenvalue weighted by Gasteiger charge is 2.47. The van der Waals surface area contributed by atoms with E-state index in [1.165, 1.54) is 18.2 Å². The summed E-state index contributed by atoms with van der Waals surface area (Å²) in [6.45, 7) is 7.92. The molecule has 0 bridgehead atoms. The molecule has 0 saturated carbocycles. The molecule has 158 valence electrons. The van der Waals surface area contributed by atoms with Gasteiger partial charge in [-0.1, -0.05) is 23.8 Å². The minimum Gasteiger partial charge on any atom is -0.508 e. The number of epoxide rings is 1. The van der Waals surface area contributed by atoms with Crippen LogP contribution >= 0.6 is 0 Å². The first-order valence-corrected chi connectivity index (χ1v) is 9.97. The number of phenols is 3. The molecule has 0 radical (unpaired) electrons. The Morgan fingerprint density at radius 2 is 1.73 bits per heavy atom. The Morgan fingerprint density at radius 3 is 2.37 bits per heavy atom. The summed E-state index contributed by atoms with van der Waals surface area (Å²) in [7, 11) is 0. The zero-order valence-corrected chi connectivity index (χ0v) is 17.8. The maximum Gasteiger partial charge on any atom is 0.189 e. The lowest BCUT2D eigenvalue weighted by molar-refractivity contribution is 0.104. The van der Waals surface area contributed by atoms with Crippen LogP contribution in [0.25, 0.3) is 6.08 Å². The molecule has 1 saturated heterocycles. The van der Waals surface area contributed by atoms with E-state index in [1.807, 2.05) is 39.8 Å². The summed E-state index contributed by atoms with van der Waals surface area (Å²) in [5.74, 6) is -0.482. The maximum atomic E-state index is 12.7. The molecule has 3 N–H and O–H groups in total. The van der Waals surface area contributed by atoms with Crippen LogP contribution in [0.4, 0.5) is 0 Å². The molecule has 1 fully saturated rings. The van der Waals surface area contributed by atoms with E-state index in [0.717, 1.165) is 16.7 Å². The molecule has 1 unspecified atom stereocenters. The Kier molecular flexibility index (Phi) is 6.04. The van der Waals surface area contributed by atoms with Gasteiger partial charge >= 0.3 is 0 Å². The van der Waals surface area contributed by atoms with Gasteiger partial charge in [-0.3, -0.25) is 4.79 Å². The van der Waals surface area contributed by atoms with Crippen LogP contribution in [0, 0.1) is 0 Å². The van der Waals surface area contributed by atoms with Gasteiger partial charge in [0.2, 0.25) is 0 Å². The lowest BCUT2D eigenvalue weighted by atomic mass is 9.98. The van der Waals surface area contributed by atoms with Crippen LogP contribution in [0.5, 0.6) is 17.2 Å². The highest BCUT2D eigenvalue weighted by atomic mass is 16.6. The molecule has 0 aliphatic carbocycles. The van der Waals surface area contributed by atoms with Crippen LogP contribution in [-0.4, -0.2) is 32.8 Å². The van der Waals surface area contributed by atoms with Gasteiger partial charge < -0.3 is 20.1 Å². The summed E-state index contributed by atoms with van der Waals surface area (Å²) in [4.78, 5) is 12.7. The van der Waals surface area contributed by atoms with Crippen molar-refractivity contribution in [1.82, 2.24) is 0 Å². The molecular formula is C25H28O5. The lowest BCUT2D eigenvalue weighted by Crippen LogP contribution is -2.07. The van der Waals surface area contributed by atoms with Gasteiger partial charge in [-0.05, 0) is 75.1 Å². The molecule has 5 nitrogen and oxygen atoms in total. The Balaban J connectivity index is 1.79. The van der Waals surface area contributed by atoms with E-state index in [4.69, 9.17) is 4.74 Å². The smallest absolute Gasteiger partial charge is 0.189 e. The molecule has 0 aromatic heterocycles. The largest absolute Gasteiger partial charge is 0.508 e. The predicted molar refractivity (Wildman–Crippen MR) is 117 cm³/mol. The van der Waals surface area contributed by atoms with Crippen molar-refractivity contribution in [1.29, 1.82) is 0 Å². The topological polar surface area (TPSA) is 90.3 Å². The fourth-order valence-corrected chi connectivity index (χ4v) is 3.25. The maximum absolute atomic E-state index is 12.7. The van der Waals surface area contributed by atoms with Crippen LogP contribution in [0.15, 0.2) is 48.1 Å². The number of benzene rings is 2. The summed E-state index contributed by atoms with van der Waals surface area (Å²) < 4.78 is 5.56. The number of allylic oxidation sites excluding steroid dienone is 3. The van der Waals surface area contributed by atoms with Gasteiger partial charge in [0.25, 0.3) is 0 Å². The third kappa shape index (κ3) is 5.10. The second kappa shape index (κ2) is 8.36. The first kappa shape index (κ1) is 21.7. The number of ether oxygens (including phenoxy) is 1. The highest BCUT2D eigenvalue weighted by molar-refractivity contribution is 6.08. The third-order valence-electron chi connectivity index (χ3n) is 5.29. The molecule has 1 atom stereocenters. The number of aromatic hydroxyl groups is 3. The third-order valence-corrected chi connectivity index (χ3v) is 5.29. The van der Waals surface area contributed by atoms with Gasteiger partial charge in [0, 0.05) is 12.5 Å². The Morgan fingerprint density at radius 1 is 1.03 bits per heavy atom. The summed E-state index contributed by atoms with van der Waals surface area (Å²) in [6.07, 6.45) is 6.09. The Labute approximate surface area is 177 Å². The first-order chi connectivity index (χ1) is 14.1. The van der Waals surface area contributed by atoms with Crippen molar-refractivity contribution in [2.75, 3.05) is 0 Å². The van der Waals surface area contributed by atoms with Gasteiger partial charge in [0.15, 0.2) is 5.78 Å². The number of hydrogen-bond donors (Lipinski definition) is 3. The Bertz CT molecular complexity index is 1030. The van der Waals surface area contributed by atoms with Crippen molar-refractivity contribution in [3.63, 3.8) is 0 Å². The van der Waals surface area contributed by atoms with E-state index in [-0.39, 0.29) is 40.3 Å². The van der Waals surface area contributed by atoms with E-state index in [9.17, 15) is 20.1 Å². The molecule has 1 heterocycles. The molecule has 30 heavy (non-hydrogen) atoms. The summed E-state index contributed by atoms with van der Waals surface area (Å²) in [5.41, 5.74) is 3.15. The minimum absolute atomic E-state index is 0.0253.